The monoisotopic (exact) mass is 277 g/mol. The summed E-state index contributed by atoms with van der Waals surface area (Å²) in [6.07, 6.45) is 0.896. The number of carbonyl (C=O) groups excluding carboxylic acids is 2. The van der Waals surface area contributed by atoms with Gasteiger partial charge in [-0.25, -0.2) is 9.59 Å². The molecule has 0 unspecified atom stereocenters. The summed E-state index contributed by atoms with van der Waals surface area (Å²) in [5.74, 6) is -0.733. The molecule has 20 heavy (non-hydrogen) atoms. The van der Waals surface area contributed by atoms with Gasteiger partial charge in [-0.15, -0.1) is 0 Å². The molecule has 0 saturated heterocycles. The highest BCUT2D eigenvalue weighted by Crippen LogP contribution is 2.18. The van der Waals surface area contributed by atoms with Gasteiger partial charge in [-0.2, -0.15) is 5.26 Å². The van der Waals surface area contributed by atoms with E-state index in [9.17, 15) is 9.59 Å². The summed E-state index contributed by atoms with van der Waals surface area (Å²) in [6, 6.07) is 3.14. The van der Waals surface area contributed by atoms with E-state index >= 15 is 0 Å². The predicted molar refractivity (Wildman–Crippen MR) is 69.6 cm³/mol. The molecule has 106 valence electrons. The third kappa shape index (κ3) is 3.72. The molecule has 0 aromatic carbocycles. The van der Waals surface area contributed by atoms with Crippen molar-refractivity contribution in [2.45, 2.75) is 26.9 Å². The van der Waals surface area contributed by atoms with Crippen LogP contribution in [0, 0.1) is 18.3 Å². The summed E-state index contributed by atoms with van der Waals surface area (Å²) < 4.78 is 14.8. The first-order valence-corrected chi connectivity index (χ1v) is 5.90. The lowest BCUT2D eigenvalue weighted by molar-refractivity contribution is -0.142. The largest absolute Gasteiger partial charge is 0.465 e. The predicted octanol–water partition coefficient (Wildman–Crippen LogP) is 2.23. The van der Waals surface area contributed by atoms with E-state index in [-0.39, 0.29) is 23.0 Å². The van der Waals surface area contributed by atoms with Crippen LogP contribution in [0.3, 0.4) is 0 Å². The van der Waals surface area contributed by atoms with Gasteiger partial charge in [0, 0.05) is 6.08 Å². The maximum atomic E-state index is 11.6. The van der Waals surface area contributed by atoms with E-state index in [1.807, 2.05) is 0 Å². The molecule has 1 rings (SSSR count). The highest BCUT2D eigenvalue weighted by molar-refractivity contribution is 5.98. The smallest absolute Gasteiger partial charge is 0.349 e. The number of esters is 2. The van der Waals surface area contributed by atoms with Crippen LogP contribution in [0.1, 0.15) is 35.7 Å². The van der Waals surface area contributed by atoms with Gasteiger partial charge in [-0.1, -0.05) is 0 Å². The number of rotatable bonds is 4. The number of carbonyl (C=O) groups is 2. The third-order valence-electron chi connectivity index (χ3n) is 2.31. The molecule has 0 radical (unpaired) electrons. The van der Waals surface area contributed by atoms with Crippen molar-refractivity contribution in [3.8, 4) is 6.07 Å². The first kappa shape index (κ1) is 15.5. The van der Waals surface area contributed by atoms with Crippen molar-refractivity contribution in [2.24, 2.45) is 0 Å². The Morgan fingerprint density at radius 2 is 2.10 bits per heavy atom. The van der Waals surface area contributed by atoms with Gasteiger partial charge in [0.2, 0.25) is 0 Å². The molecule has 0 fully saturated rings. The topological polar surface area (TPSA) is 89.5 Å². The molecular formula is C14H15NO5. The van der Waals surface area contributed by atoms with Crippen molar-refractivity contribution in [1.82, 2.24) is 0 Å². The van der Waals surface area contributed by atoms with E-state index in [2.05, 4.69) is 4.74 Å². The summed E-state index contributed by atoms with van der Waals surface area (Å²) in [5, 5.41) is 8.95. The molecule has 6 heteroatoms. The Hall–Kier alpha value is -2.55. The second-order valence-electron chi connectivity index (χ2n) is 4.23. The Morgan fingerprint density at radius 3 is 2.60 bits per heavy atom. The summed E-state index contributed by atoms with van der Waals surface area (Å²) in [7, 11) is 1.25. The van der Waals surface area contributed by atoms with E-state index in [0.717, 1.165) is 0 Å². The van der Waals surface area contributed by atoms with Crippen molar-refractivity contribution >= 4 is 18.0 Å². The van der Waals surface area contributed by atoms with Gasteiger partial charge >= 0.3 is 11.9 Å². The number of ether oxygens (including phenoxy) is 2. The van der Waals surface area contributed by atoms with Crippen molar-refractivity contribution < 1.29 is 23.5 Å². The van der Waals surface area contributed by atoms with Crippen molar-refractivity contribution in [1.29, 1.82) is 5.26 Å². The molecule has 0 bridgehead atoms. The lowest BCUT2D eigenvalue weighted by Gasteiger charge is -2.05. The summed E-state index contributed by atoms with van der Waals surface area (Å²) in [5.41, 5.74) is 0.0390. The molecule has 1 aromatic heterocycles. The number of nitrogens with zero attached hydrogens (tertiary/aromatic N) is 1. The normalized spacial score (nSPS) is 11.1. The number of methoxy groups -OCH3 is 1. The van der Waals surface area contributed by atoms with Crippen LogP contribution < -0.4 is 0 Å². The van der Waals surface area contributed by atoms with Crippen LogP contribution in [0.5, 0.6) is 0 Å². The Balaban J connectivity index is 3.06. The quantitative estimate of drug-likeness (QED) is 0.476. The molecule has 0 N–H and O–H groups in total. The lowest BCUT2D eigenvalue weighted by atomic mass is 10.2. The number of furan rings is 1. The van der Waals surface area contributed by atoms with E-state index in [1.165, 1.54) is 19.3 Å². The molecule has 0 amide bonds. The van der Waals surface area contributed by atoms with Gasteiger partial charge in [0.15, 0.2) is 0 Å². The first-order chi connectivity index (χ1) is 9.38. The molecule has 0 spiro atoms. The fraction of sp³-hybridized carbons (Fsp3) is 0.357. The molecule has 0 aliphatic heterocycles. The summed E-state index contributed by atoms with van der Waals surface area (Å²) >= 11 is 0. The first-order valence-electron chi connectivity index (χ1n) is 5.90. The van der Waals surface area contributed by atoms with Gasteiger partial charge < -0.3 is 13.9 Å². The zero-order chi connectivity index (χ0) is 15.3. The molecule has 0 aliphatic carbocycles. The fourth-order valence-corrected chi connectivity index (χ4v) is 1.45. The van der Waals surface area contributed by atoms with E-state index in [0.29, 0.717) is 5.76 Å². The number of nitriles is 1. The Labute approximate surface area is 116 Å². The van der Waals surface area contributed by atoms with Crippen LogP contribution in [0.25, 0.3) is 6.08 Å². The molecule has 0 saturated carbocycles. The van der Waals surface area contributed by atoms with Crippen LogP contribution in [0.4, 0.5) is 0 Å². The molecule has 0 aliphatic rings. The average Bonchev–Trinajstić information content (AvgIpc) is 2.75. The standard InChI is InChI=1S/C14H15NO5/c1-8(2)19-13(16)10(7-15)5-11-6-12(9(3)20-11)14(17)18-4/h5-6,8H,1-4H3/b10-5+. The highest BCUT2D eigenvalue weighted by Gasteiger charge is 2.17. The second-order valence-corrected chi connectivity index (χ2v) is 4.23. The maximum absolute atomic E-state index is 11.6. The molecule has 6 nitrogen and oxygen atoms in total. The zero-order valence-corrected chi connectivity index (χ0v) is 11.7. The van der Waals surface area contributed by atoms with Gasteiger partial charge in [0.1, 0.15) is 28.7 Å². The van der Waals surface area contributed by atoms with Crippen LogP contribution in [0.15, 0.2) is 16.1 Å². The lowest BCUT2D eigenvalue weighted by Crippen LogP contribution is -2.12. The van der Waals surface area contributed by atoms with Crippen molar-refractivity contribution in [2.75, 3.05) is 7.11 Å². The zero-order valence-electron chi connectivity index (χ0n) is 11.7. The average molecular weight is 277 g/mol. The van der Waals surface area contributed by atoms with Crippen molar-refractivity contribution in [3.05, 3.63) is 28.7 Å². The number of hydrogen-bond acceptors (Lipinski definition) is 6. The minimum absolute atomic E-state index is 0.205. The van der Waals surface area contributed by atoms with Crippen LogP contribution in [-0.2, 0) is 14.3 Å². The van der Waals surface area contributed by atoms with Gasteiger partial charge in [-0.3, -0.25) is 0 Å². The van der Waals surface area contributed by atoms with E-state index in [4.69, 9.17) is 14.4 Å². The minimum atomic E-state index is -0.740. The Kier molecular flexibility index (Phi) is 5.09. The number of aryl methyl sites for hydroxylation is 1. The Morgan fingerprint density at radius 1 is 1.45 bits per heavy atom. The Bertz CT molecular complexity index is 589. The molecular weight excluding hydrogens is 262 g/mol. The fourth-order valence-electron chi connectivity index (χ4n) is 1.45. The van der Waals surface area contributed by atoms with E-state index < -0.39 is 11.9 Å². The highest BCUT2D eigenvalue weighted by atomic mass is 16.5. The summed E-state index contributed by atoms with van der Waals surface area (Å²) in [4.78, 5) is 23.0. The molecule has 0 atom stereocenters. The second kappa shape index (κ2) is 6.57. The minimum Gasteiger partial charge on any atom is -0.465 e. The SMILES string of the molecule is COC(=O)c1cc(/C=C(\C#N)C(=O)OC(C)C)oc1C. The number of hydrogen-bond donors (Lipinski definition) is 0. The van der Waals surface area contributed by atoms with Gasteiger partial charge in [0.05, 0.1) is 13.2 Å². The van der Waals surface area contributed by atoms with Gasteiger partial charge in [-0.05, 0) is 26.8 Å². The summed E-state index contributed by atoms with van der Waals surface area (Å²) in [6.45, 7) is 4.95. The van der Waals surface area contributed by atoms with Crippen LogP contribution >= 0.6 is 0 Å². The van der Waals surface area contributed by atoms with E-state index in [1.54, 1.807) is 26.8 Å². The third-order valence-corrected chi connectivity index (χ3v) is 2.31. The van der Waals surface area contributed by atoms with Crippen LogP contribution in [-0.4, -0.2) is 25.2 Å². The van der Waals surface area contributed by atoms with Gasteiger partial charge in [0.25, 0.3) is 0 Å². The van der Waals surface area contributed by atoms with Crippen molar-refractivity contribution in [3.63, 3.8) is 0 Å². The molecule has 1 aromatic rings. The molecule has 1 heterocycles. The van der Waals surface area contributed by atoms with Crippen LogP contribution in [0.2, 0.25) is 0 Å². The maximum Gasteiger partial charge on any atom is 0.349 e.